The maximum Gasteiger partial charge on any atom is 0.134 e. The van der Waals surface area contributed by atoms with Crippen molar-refractivity contribution >= 4 is 23.0 Å². The number of aromatic nitrogens is 3. The van der Waals surface area contributed by atoms with Gasteiger partial charge in [0.1, 0.15) is 12.2 Å². The molecule has 0 amide bonds. The molecule has 0 aliphatic rings. The smallest absolute Gasteiger partial charge is 0.134 e. The number of hydrogen-bond donors (Lipinski definition) is 2. The highest BCUT2D eigenvalue weighted by Gasteiger charge is 2.04. The lowest BCUT2D eigenvalue weighted by atomic mass is 10.1. The van der Waals surface area contributed by atoms with E-state index in [0.29, 0.717) is 10.7 Å². The van der Waals surface area contributed by atoms with Crippen molar-refractivity contribution in [2.45, 2.75) is 13.3 Å². The van der Waals surface area contributed by atoms with Crippen molar-refractivity contribution in [3.05, 3.63) is 34.9 Å². The zero-order valence-corrected chi connectivity index (χ0v) is 11.2. The average molecular weight is 266 g/mol. The Morgan fingerprint density at radius 3 is 2.89 bits per heavy atom. The molecule has 18 heavy (non-hydrogen) atoms. The minimum Gasteiger partial charge on any atom is -0.398 e. The second-order valence-corrected chi connectivity index (χ2v) is 4.63. The SMILES string of the molecule is Cc1cc(N)c(Cl)cc1NCCc1nncn1C. The van der Waals surface area contributed by atoms with E-state index in [1.54, 1.807) is 6.33 Å². The van der Waals surface area contributed by atoms with Crippen LogP contribution in [0.5, 0.6) is 0 Å². The molecule has 0 fully saturated rings. The number of benzene rings is 1. The third-order valence-corrected chi connectivity index (χ3v) is 3.14. The van der Waals surface area contributed by atoms with Gasteiger partial charge >= 0.3 is 0 Å². The summed E-state index contributed by atoms with van der Waals surface area (Å²) in [6.07, 6.45) is 2.50. The second-order valence-electron chi connectivity index (χ2n) is 4.22. The zero-order chi connectivity index (χ0) is 13.1. The summed E-state index contributed by atoms with van der Waals surface area (Å²) in [5.74, 6) is 0.946. The van der Waals surface area contributed by atoms with Gasteiger partial charge in [0, 0.05) is 25.7 Å². The van der Waals surface area contributed by atoms with Crippen LogP contribution in [0.2, 0.25) is 5.02 Å². The first kappa shape index (κ1) is 12.7. The van der Waals surface area contributed by atoms with Crippen molar-refractivity contribution in [1.82, 2.24) is 14.8 Å². The van der Waals surface area contributed by atoms with Crippen LogP contribution in [0.25, 0.3) is 0 Å². The number of hydrogen-bond acceptors (Lipinski definition) is 4. The Morgan fingerprint density at radius 2 is 2.22 bits per heavy atom. The number of anilines is 2. The molecule has 0 radical (unpaired) electrons. The van der Waals surface area contributed by atoms with Crippen LogP contribution in [0.3, 0.4) is 0 Å². The van der Waals surface area contributed by atoms with Gasteiger partial charge in [0.05, 0.1) is 10.7 Å². The molecule has 0 bridgehead atoms. The summed E-state index contributed by atoms with van der Waals surface area (Å²) in [7, 11) is 1.93. The van der Waals surface area contributed by atoms with E-state index in [-0.39, 0.29) is 0 Å². The maximum absolute atomic E-state index is 6.00. The highest BCUT2D eigenvalue weighted by atomic mass is 35.5. The predicted octanol–water partition coefficient (Wildman–Crippen LogP) is 2.01. The molecule has 6 heteroatoms. The van der Waals surface area contributed by atoms with E-state index < -0.39 is 0 Å². The quantitative estimate of drug-likeness (QED) is 0.830. The lowest BCUT2D eigenvalue weighted by Crippen LogP contribution is -2.09. The molecule has 2 rings (SSSR count). The number of nitrogens with two attached hydrogens (primary N) is 1. The van der Waals surface area contributed by atoms with Crippen molar-refractivity contribution in [2.24, 2.45) is 7.05 Å². The maximum atomic E-state index is 6.00. The van der Waals surface area contributed by atoms with Gasteiger partial charge in [0.15, 0.2) is 0 Å². The van der Waals surface area contributed by atoms with E-state index in [9.17, 15) is 0 Å². The molecule has 2 aromatic rings. The standard InChI is InChI=1S/C12H16ClN5/c1-8-5-10(14)9(13)6-11(8)15-4-3-12-17-16-7-18(12)2/h5-7,15H,3-4,14H2,1-2H3. The molecule has 0 unspecified atom stereocenters. The average Bonchev–Trinajstić information content (AvgIpc) is 2.72. The van der Waals surface area contributed by atoms with Gasteiger partial charge in [0.25, 0.3) is 0 Å². The highest BCUT2D eigenvalue weighted by Crippen LogP contribution is 2.26. The van der Waals surface area contributed by atoms with Crippen LogP contribution in [0.4, 0.5) is 11.4 Å². The van der Waals surface area contributed by atoms with E-state index in [2.05, 4.69) is 15.5 Å². The molecule has 1 aromatic carbocycles. The van der Waals surface area contributed by atoms with Gasteiger partial charge in [-0.1, -0.05) is 11.6 Å². The monoisotopic (exact) mass is 265 g/mol. The van der Waals surface area contributed by atoms with Gasteiger partial charge < -0.3 is 15.6 Å². The third-order valence-electron chi connectivity index (χ3n) is 2.81. The summed E-state index contributed by atoms with van der Waals surface area (Å²) in [5, 5.41) is 11.8. The van der Waals surface area contributed by atoms with Crippen LogP contribution < -0.4 is 11.1 Å². The van der Waals surface area contributed by atoms with Crippen LogP contribution in [-0.4, -0.2) is 21.3 Å². The van der Waals surface area contributed by atoms with Gasteiger partial charge in [0.2, 0.25) is 0 Å². The van der Waals surface area contributed by atoms with E-state index in [4.69, 9.17) is 17.3 Å². The first-order chi connectivity index (χ1) is 8.58. The van der Waals surface area contributed by atoms with Crippen LogP contribution in [-0.2, 0) is 13.5 Å². The second kappa shape index (κ2) is 5.27. The predicted molar refractivity (Wildman–Crippen MR) is 73.8 cm³/mol. The molecular formula is C12H16ClN5. The molecule has 5 nitrogen and oxygen atoms in total. The van der Waals surface area contributed by atoms with Crippen molar-refractivity contribution in [3.63, 3.8) is 0 Å². The van der Waals surface area contributed by atoms with Gasteiger partial charge in [-0.05, 0) is 24.6 Å². The van der Waals surface area contributed by atoms with Gasteiger partial charge in [-0.25, -0.2) is 0 Å². The highest BCUT2D eigenvalue weighted by molar-refractivity contribution is 6.33. The van der Waals surface area contributed by atoms with Crippen LogP contribution in [0.1, 0.15) is 11.4 Å². The topological polar surface area (TPSA) is 68.8 Å². The van der Waals surface area contributed by atoms with Gasteiger partial charge in [-0.2, -0.15) is 0 Å². The Hall–Kier alpha value is -1.75. The van der Waals surface area contributed by atoms with E-state index >= 15 is 0 Å². The van der Waals surface area contributed by atoms with Crippen LogP contribution in [0.15, 0.2) is 18.5 Å². The molecule has 1 heterocycles. The molecule has 0 spiro atoms. The molecule has 0 saturated heterocycles. The van der Waals surface area contributed by atoms with Crippen LogP contribution >= 0.6 is 11.6 Å². The molecule has 96 valence electrons. The van der Waals surface area contributed by atoms with Crippen LogP contribution in [0, 0.1) is 6.92 Å². The van der Waals surface area contributed by atoms with Gasteiger partial charge in [-0.3, -0.25) is 0 Å². The minimum absolute atomic E-state index is 0.571. The van der Waals surface area contributed by atoms with Crippen molar-refractivity contribution < 1.29 is 0 Å². The number of nitrogen functional groups attached to an aromatic ring is 1. The zero-order valence-electron chi connectivity index (χ0n) is 10.4. The number of rotatable bonds is 4. The fraction of sp³-hybridized carbons (Fsp3) is 0.333. The first-order valence-electron chi connectivity index (χ1n) is 5.70. The molecule has 3 N–H and O–H groups in total. The normalized spacial score (nSPS) is 10.6. The molecule has 0 aliphatic heterocycles. The summed E-state index contributed by atoms with van der Waals surface area (Å²) in [5.41, 5.74) is 8.41. The molecule has 0 saturated carbocycles. The van der Waals surface area contributed by atoms with E-state index in [1.165, 1.54) is 0 Å². The number of nitrogens with one attached hydrogen (secondary N) is 1. The van der Waals surface area contributed by atoms with Crippen molar-refractivity contribution in [1.29, 1.82) is 0 Å². The summed E-state index contributed by atoms with van der Waals surface area (Å²) in [6, 6.07) is 3.72. The number of aryl methyl sites for hydroxylation is 2. The minimum atomic E-state index is 0.571. The fourth-order valence-electron chi connectivity index (χ4n) is 1.74. The molecule has 1 aromatic heterocycles. The summed E-state index contributed by atoms with van der Waals surface area (Å²) >= 11 is 6.00. The van der Waals surface area contributed by atoms with E-state index in [1.807, 2.05) is 30.7 Å². The molecule has 0 aliphatic carbocycles. The van der Waals surface area contributed by atoms with Crippen molar-refractivity contribution in [3.8, 4) is 0 Å². The van der Waals surface area contributed by atoms with Crippen molar-refractivity contribution in [2.75, 3.05) is 17.6 Å². The molecular weight excluding hydrogens is 250 g/mol. The Labute approximate surface area is 111 Å². The lowest BCUT2D eigenvalue weighted by Gasteiger charge is -2.11. The van der Waals surface area contributed by atoms with Gasteiger partial charge in [-0.15, -0.1) is 10.2 Å². The largest absolute Gasteiger partial charge is 0.398 e. The third kappa shape index (κ3) is 2.73. The number of halogens is 1. The van der Waals surface area contributed by atoms with E-state index in [0.717, 1.165) is 30.0 Å². The Kier molecular flexibility index (Phi) is 3.72. The summed E-state index contributed by atoms with van der Waals surface area (Å²) in [4.78, 5) is 0. The Balaban J connectivity index is 1.99. The number of nitrogens with zero attached hydrogens (tertiary/aromatic N) is 3. The first-order valence-corrected chi connectivity index (χ1v) is 6.08. The summed E-state index contributed by atoms with van der Waals surface area (Å²) in [6.45, 7) is 2.77. The Morgan fingerprint density at radius 1 is 1.44 bits per heavy atom. The molecule has 0 atom stereocenters. The fourth-order valence-corrected chi connectivity index (χ4v) is 1.90. The summed E-state index contributed by atoms with van der Waals surface area (Å²) < 4.78 is 1.91. The Bertz CT molecular complexity index is 549. The lowest BCUT2D eigenvalue weighted by molar-refractivity contribution is 0.788.